The molecular formula is C14H14ClNO. The molecule has 0 spiro atoms. The average Bonchev–Trinajstić information content (AvgIpc) is 2.32. The van der Waals surface area contributed by atoms with E-state index in [9.17, 15) is 0 Å². The number of halogens is 1. The molecule has 1 aromatic rings. The molecule has 0 bridgehead atoms. The lowest BCUT2D eigenvalue weighted by Gasteiger charge is -2.05. The summed E-state index contributed by atoms with van der Waals surface area (Å²) in [6, 6.07) is 3.44. The zero-order valence-electron chi connectivity index (χ0n) is 9.64. The molecule has 88 valence electrons. The largest absolute Gasteiger partial charge is 0.456 e. The van der Waals surface area contributed by atoms with Crippen LogP contribution >= 0.6 is 11.6 Å². The minimum atomic E-state index is 0.441. The fourth-order valence-corrected chi connectivity index (χ4v) is 1.17. The number of hydrogen-bond acceptors (Lipinski definition) is 2. The summed E-state index contributed by atoms with van der Waals surface area (Å²) in [5, 5.41) is 0.441. The van der Waals surface area contributed by atoms with E-state index >= 15 is 0 Å². The van der Waals surface area contributed by atoms with Crippen molar-refractivity contribution in [2.75, 3.05) is 0 Å². The maximum atomic E-state index is 5.69. The Bertz CT molecular complexity index is 444. The van der Waals surface area contributed by atoms with Gasteiger partial charge in [0, 0.05) is 0 Å². The highest BCUT2D eigenvalue weighted by atomic mass is 35.5. The van der Waals surface area contributed by atoms with Gasteiger partial charge in [-0.3, -0.25) is 0 Å². The van der Waals surface area contributed by atoms with Gasteiger partial charge in [0.25, 0.3) is 0 Å². The van der Waals surface area contributed by atoms with Crippen LogP contribution in [0.15, 0.2) is 67.1 Å². The smallest absolute Gasteiger partial charge is 0.145 e. The van der Waals surface area contributed by atoms with Crippen molar-refractivity contribution in [3.63, 3.8) is 0 Å². The normalized spacial score (nSPS) is 12.2. The molecule has 0 N–H and O–H groups in total. The predicted molar refractivity (Wildman–Crippen MR) is 72.1 cm³/mol. The van der Waals surface area contributed by atoms with Gasteiger partial charge in [-0.25, -0.2) is 4.98 Å². The summed E-state index contributed by atoms with van der Waals surface area (Å²) < 4.78 is 5.60. The number of ether oxygens (including phenoxy) is 1. The summed E-state index contributed by atoms with van der Waals surface area (Å²) >= 11 is 5.69. The fraction of sp³-hybridized carbons (Fsp3) is 0.0714. The van der Waals surface area contributed by atoms with E-state index in [1.807, 2.05) is 31.2 Å². The third kappa shape index (κ3) is 5.18. The first-order valence-electron chi connectivity index (χ1n) is 5.17. The van der Waals surface area contributed by atoms with Gasteiger partial charge in [0.2, 0.25) is 0 Å². The Morgan fingerprint density at radius 1 is 1.41 bits per heavy atom. The maximum absolute atomic E-state index is 5.69. The topological polar surface area (TPSA) is 22.1 Å². The Morgan fingerprint density at radius 2 is 2.24 bits per heavy atom. The van der Waals surface area contributed by atoms with Crippen molar-refractivity contribution in [1.29, 1.82) is 0 Å². The lowest BCUT2D eigenvalue weighted by atomic mass is 10.3. The van der Waals surface area contributed by atoms with Crippen molar-refractivity contribution in [1.82, 2.24) is 4.98 Å². The van der Waals surface area contributed by atoms with Crippen molar-refractivity contribution < 1.29 is 4.74 Å². The molecule has 1 aromatic heterocycles. The Kier molecular flexibility index (Phi) is 5.83. The number of rotatable bonds is 5. The first-order chi connectivity index (χ1) is 8.26. The van der Waals surface area contributed by atoms with Crippen LogP contribution in [-0.4, -0.2) is 4.98 Å². The van der Waals surface area contributed by atoms with Gasteiger partial charge in [-0.05, 0) is 31.2 Å². The van der Waals surface area contributed by atoms with Gasteiger partial charge in [0.1, 0.15) is 16.7 Å². The second-order valence-corrected chi connectivity index (χ2v) is 3.50. The number of aromatic nitrogens is 1. The Labute approximate surface area is 107 Å². The molecular weight excluding hydrogens is 234 g/mol. The summed E-state index contributed by atoms with van der Waals surface area (Å²) in [7, 11) is 0. The number of allylic oxidation sites excluding steroid dienone is 6. The van der Waals surface area contributed by atoms with Crippen LogP contribution in [-0.2, 0) is 0 Å². The van der Waals surface area contributed by atoms with Crippen LogP contribution in [0, 0.1) is 0 Å². The van der Waals surface area contributed by atoms with Crippen molar-refractivity contribution in [3.05, 3.63) is 72.3 Å². The number of nitrogens with zero attached hydrogens (tertiary/aromatic N) is 1. The molecule has 1 heterocycles. The molecule has 1 rings (SSSR count). The van der Waals surface area contributed by atoms with E-state index in [-0.39, 0.29) is 0 Å². The quantitative estimate of drug-likeness (QED) is 0.439. The molecule has 0 fully saturated rings. The molecule has 2 nitrogen and oxygen atoms in total. The molecule has 0 saturated carbocycles. The Balaban J connectivity index is 2.77. The zero-order valence-corrected chi connectivity index (χ0v) is 10.4. The summed E-state index contributed by atoms with van der Waals surface area (Å²) in [5.41, 5.74) is 0. The third-order valence-corrected chi connectivity index (χ3v) is 2.01. The molecule has 0 saturated heterocycles. The minimum absolute atomic E-state index is 0.441. The highest BCUT2D eigenvalue weighted by Crippen LogP contribution is 2.15. The summed E-state index contributed by atoms with van der Waals surface area (Å²) in [5.74, 6) is 1.31. The van der Waals surface area contributed by atoms with Crippen LogP contribution in [0.5, 0.6) is 5.75 Å². The van der Waals surface area contributed by atoms with E-state index < -0.39 is 0 Å². The maximum Gasteiger partial charge on any atom is 0.145 e. The standard InChI is InChI=1S/C14H14ClNO/c1-3-5-6-8-12(7-4-2)17-13-9-10-14(15)16-11-13/h3-11H,2H2,1H3/b5-3-,8-6-,12-7+. The van der Waals surface area contributed by atoms with Crippen molar-refractivity contribution in [2.45, 2.75) is 6.92 Å². The monoisotopic (exact) mass is 247 g/mol. The van der Waals surface area contributed by atoms with Gasteiger partial charge < -0.3 is 4.74 Å². The van der Waals surface area contributed by atoms with Crippen molar-refractivity contribution >= 4 is 11.6 Å². The second kappa shape index (κ2) is 7.47. The third-order valence-electron chi connectivity index (χ3n) is 1.78. The van der Waals surface area contributed by atoms with Gasteiger partial charge in [0.15, 0.2) is 0 Å². The lowest BCUT2D eigenvalue weighted by molar-refractivity contribution is 0.442. The van der Waals surface area contributed by atoms with Crippen LogP contribution in [0.4, 0.5) is 0 Å². The summed E-state index contributed by atoms with van der Waals surface area (Å²) in [4.78, 5) is 3.94. The molecule has 0 aliphatic rings. The average molecular weight is 248 g/mol. The van der Waals surface area contributed by atoms with Gasteiger partial charge >= 0.3 is 0 Å². The molecule has 0 unspecified atom stereocenters. The molecule has 0 atom stereocenters. The van der Waals surface area contributed by atoms with E-state index in [0.717, 1.165) is 0 Å². The van der Waals surface area contributed by atoms with Gasteiger partial charge in [0.05, 0.1) is 6.20 Å². The van der Waals surface area contributed by atoms with E-state index in [0.29, 0.717) is 16.7 Å². The van der Waals surface area contributed by atoms with Crippen molar-refractivity contribution in [2.24, 2.45) is 0 Å². The minimum Gasteiger partial charge on any atom is -0.456 e. The van der Waals surface area contributed by atoms with Gasteiger partial charge in [-0.1, -0.05) is 42.5 Å². The van der Waals surface area contributed by atoms with Crippen molar-refractivity contribution in [3.8, 4) is 5.75 Å². The highest BCUT2D eigenvalue weighted by Gasteiger charge is 1.97. The van der Waals surface area contributed by atoms with Crippen LogP contribution in [0.2, 0.25) is 5.15 Å². The highest BCUT2D eigenvalue weighted by molar-refractivity contribution is 6.29. The molecule has 0 aliphatic carbocycles. The molecule has 0 amide bonds. The predicted octanol–water partition coefficient (Wildman–Crippen LogP) is 4.32. The van der Waals surface area contributed by atoms with E-state index in [4.69, 9.17) is 16.3 Å². The van der Waals surface area contributed by atoms with Crippen LogP contribution < -0.4 is 4.74 Å². The van der Waals surface area contributed by atoms with Crippen LogP contribution in [0.1, 0.15) is 6.92 Å². The van der Waals surface area contributed by atoms with Gasteiger partial charge in [-0.2, -0.15) is 0 Å². The molecule has 3 heteroatoms. The Hall–Kier alpha value is -1.80. The first kappa shape index (κ1) is 13.3. The summed E-state index contributed by atoms with van der Waals surface area (Å²) in [6.45, 7) is 5.59. The number of pyridine rings is 1. The molecule has 17 heavy (non-hydrogen) atoms. The van der Waals surface area contributed by atoms with Crippen LogP contribution in [0.3, 0.4) is 0 Å². The molecule has 0 radical (unpaired) electrons. The fourth-order valence-electron chi connectivity index (χ4n) is 1.06. The lowest BCUT2D eigenvalue weighted by Crippen LogP contribution is -1.92. The van der Waals surface area contributed by atoms with E-state index in [1.165, 1.54) is 0 Å². The zero-order chi connectivity index (χ0) is 12.5. The first-order valence-corrected chi connectivity index (χ1v) is 5.55. The van der Waals surface area contributed by atoms with Gasteiger partial charge in [-0.15, -0.1) is 0 Å². The molecule has 0 aliphatic heterocycles. The number of hydrogen-bond donors (Lipinski definition) is 0. The second-order valence-electron chi connectivity index (χ2n) is 3.11. The SMILES string of the molecule is C=C\C=C(/C=C\C=C/C)Oc1ccc(Cl)nc1. The molecule has 0 aromatic carbocycles. The van der Waals surface area contributed by atoms with E-state index in [2.05, 4.69) is 11.6 Å². The van der Waals surface area contributed by atoms with Crippen LogP contribution in [0.25, 0.3) is 0 Å². The van der Waals surface area contributed by atoms with E-state index in [1.54, 1.807) is 30.5 Å². The Morgan fingerprint density at radius 3 is 2.82 bits per heavy atom. The summed E-state index contributed by atoms with van der Waals surface area (Å²) in [6.07, 6.45) is 12.6.